The first-order valence-electron chi connectivity index (χ1n) is 6.41. The second-order valence-electron chi connectivity index (χ2n) is 4.41. The zero-order chi connectivity index (χ0) is 13.9. The van der Waals surface area contributed by atoms with Gasteiger partial charge in [-0.05, 0) is 41.8 Å². The highest BCUT2D eigenvalue weighted by molar-refractivity contribution is 6.28. The highest BCUT2D eigenvalue weighted by Crippen LogP contribution is 2.21. The third kappa shape index (κ3) is 2.58. The van der Waals surface area contributed by atoms with E-state index in [2.05, 4.69) is 28.3 Å². The van der Waals surface area contributed by atoms with Crippen LogP contribution >= 0.6 is 11.6 Å². The standard InChI is InChI=1S/C14H13ClN4O/c1-2-4-10-5-3-6-11(9-10)20-13-8-7-12-16-17-14(15)19(12)18-13/h3,5-9H,2,4H2,1H3. The lowest BCUT2D eigenvalue weighted by atomic mass is 10.1. The van der Waals surface area contributed by atoms with E-state index in [0.29, 0.717) is 11.5 Å². The molecule has 0 aliphatic rings. The van der Waals surface area contributed by atoms with Gasteiger partial charge in [-0.2, -0.15) is 4.52 Å². The van der Waals surface area contributed by atoms with Crippen LogP contribution in [-0.4, -0.2) is 19.8 Å². The minimum atomic E-state index is 0.213. The molecule has 0 aliphatic carbocycles. The Bertz CT molecular complexity index is 741. The number of rotatable bonds is 4. The van der Waals surface area contributed by atoms with Crippen molar-refractivity contribution in [2.75, 3.05) is 0 Å². The Hall–Kier alpha value is -2.14. The molecule has 0 unspecified atom stereocenters. The van der Waals surface area contributed by atoms with Crippen molar-refractivity contribution in [3.8, 4) is 11.6 Å². The topological polar surface area (TPSA) is 52.3 Å². The molecule has 0 N–H and O–H groups in total. The first-order valence-corrected chi connectivity index (χ1v) is 6.79. The molecule has 5 nitrogen and oxygen atoms in total. The molecule has 0 fully saturated rings. The maximum absolute atomic E-state index is 5.89. The Labute approximate surface area is 121 Å². The van der Waals surface area contributed by atoms with Crippen LogP contribution in [0, 0.1) is 0 Å². The number of ether oxygens (including phenoxy) is 1. The van der Waals surface area contributed by atoms with Gasteiger partial charge >= 0.3 is 0 Å². The molecule has 2 aromatic heterocycles. The van der Waals surface area contributed by atoms with Gasteiger partial charge in [0.1, 0.15) is 5.75 Å². The number of hydrogen-bond acceptors (Lipinski definition) is 4. The SMILES string of the molecule is CCCc1cccc(Oc2ccc3nnc(Cl)n3n2)c1. The van der Waals surface area contributed by atoms with Crippen LogP contribution in [0.5, 0.6) is 11.6 Å². The Morgan fingerprint density at radius 3 is 2.95 bits per heavy atom. The van der Waals surface area contributed by atoms with Gasteiger partial charge in [0.15, 0.2) is 5.65 Å². The van der Waals surface area contributed by atoms with Crippen LogP contribution in [-0.2, 0) is 6.42 Å². The number of aromatic nitrogens is 4. The number of hydrogen-bond donors (Lipinski definition) is 0. The zero-order valence-corrected chi connectivity index (χ0v) is 11.7. The molecule has 0 saturated carbocycles. The second kappa shape index (κ2) is 5.46. The van der Waals surface area contributed by atoms with Crippen molar-refractivity contribution in [1.29, 1.82) is 0 Å². The van der Waals surface area contributed by atoms with Crippen molar-refractivity contribution in [3.63, 3.8) is 0 Å². The van der Waals surface area contributed by atoms with Crippen LogP contribution in [0.25, 0.3) is 5.65 Å². The molecule has 0 aliphatic heterocycles. The van der Waals surface area contributed by atoms with Crippen LogP contribution in [0.4, 0.5) is 0 Å². The molecular weight excluding hydrogens is 276 g/mol. The average Bonchev–Trinajstić information content (AvgIpc) is 2.81. The first kappa shape index (κ1) is 12.9. The van der Waals surface area contributed by atoms with Gasteiger partial charge in [-0.15, -0.1) is 15.3 Å². The predicted molar refractivity (Wildman–Crippen MR) is 76.3 cm³/mol. The number of fused-ring (bicyclic) bond motifs is 1. The molecule has 0 radical (unpaired) electrons. The van der Waals surface area contributed by atoms with Gasteiger partial charge in [-0.1, -0.05) is 25.5 Å². The molecule has 2 heterocycles. The molecule has 3 aromatic rings. The molecule has 0 atom stereocenters. The van der Waals surface area contributed by atoms with Gasteiger partial charge in [0.2, 0.25) is 11.2 Å². The summed E-state index contributed by atoms with van der Waals surface area (Å²) in [5.41, 5.74) is 1.83. The van der Waals surface area contributed by atoms with E-state index in [1.54, 1.807) is 12.1 Å². The van der Waals surface area contributed by atoms with Gasteiger partial charge in [0.25, 0.3) is 0 Å². The molecule has 1 aromatic carbocycles. The zero-order valence-electron chi connectivity index (χ0n) is 11.0. The number of aryl methyl sites for hydroxylation is 1. The van der Waals surface area contributed by atoms with Crippen LogP contribution in [0.1, 0.15) is 18.9 Å². The lowest BCUT2D eigenvalue weighted by molar-refractivity contribution is 0.452. The molecule has 0 bridgehead atoms. The second-order valence-corrected chi connectivity index (χ2v) is 4.75. The third-order valence-electron chi connectivity index (χ3n) is 2.86. The van der Waals surface area contributed by atoms with E-state index in [-0.39, 0.29) is 5.28 Å². The van der Waals surface area contributed by atoms with Gasteiger partial charge < -0.3 is 4.74 Å². The summed E-state index contributed by atoms with van der Waals surface area (Å²) in [6.45, 7) is 2.15. The lowest BCUT2D eigenvalue weighted by Gasteiger charge is -2.06. The quantitative estimate of drug-likeness (QED) is 0.737. The van der Waals surface area contributed by atoms with Crippen LogP contribution in [0.3, 0.4) is 0 Å². The van der Waals surface area contributed by atoms with E-state index in [4.69, 9.17) is 16.3 Å². The van der Waals surface area contributed by atoms with Gasteiger partial charge in [-0.3, -0.25) is 0 Å². The van der Waals surface area contributed by atoms with Crippen molar-refractivity contribution < 1.29 is 4.74 Å². The van der Waals surface area contributed by atoms with Gasteiger partial charge in [0.05, 0.1) is 0 Å². The van der Waals surface area contributed by atoms with Gasteiger partial charge in [0, 0.05) is 6.07 Å². The monoisotopic (exact) mass is 288 g/mol. The lowest BCUT2D eigenvalue weighted by Crippen LogP contribution is -1.96. The predicted octanol–water partition coefficient (Wildman–Crippen LogP) is 3.52. The van der Waals surface area contributed by atoms with Crippen molar-refractivity contribution in [1.82, 2.24) is 19.8 Å². The average molecular weight is 289 g/mol. The van der Waals surface area contributed by atoms with E-state index >= 15 is 0 Å². The first-order chi connectivity index (χ1) is 9.76. The molecule has 20 heavy (non-hydrogen) atoms. The van der Waals surface area contributed by atoms with Crippen molar-refractivity contribution in [3.05, 3.63) is 47.2 Å². The molecule has 6 heteroatoms. The highest BCUT2D eigenvalue weighted by Gasteiger charge is 2.06. The maximum Gasteiger partial charge on any atom is 0.246 e. The molecule has 102 valence electrons. The Balaban J connectivity index is 1.88. The van der Waals surface area contributed by atoms with Crippen LogP contribution < -0.4 is 4.74 Å². The fraction of sp³-hybridized carbons (Fsp3) is 0.214. The fourth-order valence-electron chi connectivity index (χ4n) is 1.97. The van der Waals surface area contributed by atoms with Crippen LogP contribution in [0.15, 0.2) is 36.4 Å². The minimum absolute atomic E-state index is 0.213. The van der Waals surface area contributed by atoms with E-state index in [1.165, 1.54) is 10.1 Å². The molecule has 3 rings (SSSR count). The summed E-state index contributed by atoms with van der Waals surface area (Å²) in [5, 5.41) is 12.1. The van der Waals surface area contributed by atoms with E-state index < -0.39 is 0 Å². The summed E-state index contributed by atoms with van der Waals surface area (Å²) >= 11 is 5.89. The molecule has 0 spiro atoms. The summed E-state index contributed by atoms with van der Waals surface area (Å²) in [6.07, 6.45) is 2.13. The van der Waals surface area contributed by atoms with Gasteiger partial charge in [-0.25, -0.2) is 0 Å². The van der Waals surface area contributed by atoms with Crippen molar-refractivity contribution in [2.24, 2.45) is 0 Å². The van der Waals surface area contributed by atoms with E-state index in [1.807, 2.05) is 18.2 Å². The number of nitrogens with zero attached hydrogens (tertiary/aromatic N) is 4. The summed E-state index contributed by atoms with van der Waals surface area (Å²) in [4.78, 5) is 0. The van der Waals surface area contributed by atoms with E-state index in [9.17, 15) is 0 Å². The Kier molecular flexibility index (Phi) is 3.52. The van der Waals surface area contributed by atoms with Crippen molar-refractivity contribution in [2.45, 2.75) is 19.8 Å². The largest absolute Gasteiger partial charge is 0.438 e. The fourth-order valence-corrected chi connectivity index (χ4v) is 2.14. The summed E-state index contributed by atoms with van der Waals surface area (Å²) in [5.74, 6) is 1.21. The van der Waals surface area contributed by atoms with Crippen molar-refractivity contribution >= 4 is 17.2 Å². The Morgan fingerprint density at radius 2 is 2.10 bits per heavy atom. The Morgan fingerprint density at radius 1 is 1.20 bits per heavy atom. The number of benzene rings is 1. The smallest absolute Gasteiger partial charge is 0.246 e. The third-order valence-corrected chi connectivity index (χ3v) is 3.10. The number of halogens is 1. The summed E-state index contributed by atoms with van der Waals surface area (Å²) in [7, 11) is 0. The van der Waals surface area contributed by atoms with E-state index in [0.717, 1.165) is 18.6 Å². The molecule has 0 saturated heterocycles. The summed E-state index contributed by atoms with van der Waals surface area (Å²) < 4.78 is 7.19. The molecule has 0 amide bonds. The maximum atomic E-state index is 5.89. The summed E-state index contributed by atoms with van der Waals surface area (Å²) in [6, 6.07) is 11.5. The minimum Gasteiger partial charge on any atom is -0.438 e. The van der Waals surface area contributed by atoms with Crippen LogP contribution in [0.2, 0.25) is 5.28 Å². The normalized spacial score (nSPS) is 10.9. The highest BCUT2D eigenvalue weighted by atomic mass is 35.5. The molecular formula is C14H13ClN4O.